The summed E-state index contributed by atoms with van der Waals surface area (Å²) in [5.74, 6) is 2.26. The van der Waals surface area contributed by atoms with Gasteiger partial charge < -0.3 is 14.8 Å². The van der Waals surface area contributed by atoms with Crippen molar-refractivity contribution in [2.24, 2.45) is 0 Å². The van der Waals surface area contributed by atoms with Crippen LogP contribution in [-0.4, -0.2) is 29.7 Å². The van der Waals surface area contributed by atoms with Gasteiger partial charge in [0, 0.05) is 19.2 Å². The predicted molar refractivity (Wildman–Crippen MR) is 88.4 cm³/mol. The van der Waals surface area contributed by atoms with Crippen LogP contribution in [0.1, 0.15) is 70.7 Å². The minimum atomic E-state index is 0.0194. The molecule has 2 heterocycles. The smallest absolute Gasteiger partial charge is 0.218 e. The summed E-state index contributed by atoms with van der Waals surface area (Å²) in [6.45, 7) is 6.80. The minimum Gasteiger partial charge on any atom is -0.478 e. The highest BCUT2D eigenvalue weighted by Crippen LogP contribution is 2.28. The number of ether oxygens (including phenoxy) is 2. The monoisotopic (exact) mass is 307 g/mol. The van der Waals surface area contributed by atoms with E-state index < -0.39 is 0 Å². The van der Waals surface area contributed by atoms with Crippen LogP contribution >= 0.6 is 0 Å². The Hall–Kier alpha value is -1.36. The lowest BCUT2D eigenvalue weighted by Gasteiger charge is -2.13. The SMILES string of the molecule is CCCCCNc1cc(OCCCC)nc(C2CCCO2)n1. The van der Waals surface area contributed by atoms with Crippen LogP contribution in [0.15, 0.2) is 6.07 Å². The first-order chi connectivity index (χ1) is 10.8. The van der Waals surface area contributed by atoms with Crippen molar-refractivity contribution in [1.29, 1.82) is 0 Å². The summed E-state index contributed by atoms with van der Waals surface area (Å²) in [4.78, 5) is 9.15. The number of anilines is 1. The van der Waals surface area contributed by atoms with E-state index in [9.17, 15) is 0 Å². The summed E-state index contributed by atoms with van der Waals surface area (Å²) in [7, 11) is 0. The molecule has 1 fully saturated rings. The number of hydrogen-bond acceptors (Lipinski definition) is 5. The van der Waals surface area contributed by atoms with Gasteiger partial charge in [-0.2, -0.15) is 4.98 Å². The molecule has 5 nitrogen and oxygen atoms in total. The second-order valence-electron chi connectivity index (χ2n) is 5.79. The fourth-order valence-electron chi connectivity index (χ4n) is 2.45. The first-order valence-electron chi connectivity index (χ1n) is 8.70. The van der Waals surface area contributed by atoms with E-state index in [-0.39, 0.29) is 6.10 Å². The van der Waals surface area contributed by atoms with Crippen LogP contribution in [0.4, 0.5) is 5.82 Å². The van der Waals surface area contributed by atoms with E-state index in [0.717, 1.165) is 56.9 Å². The van der Waals surface area contributed by atoms with E-state index in [1.54, 1.807) is 0 Å². The summed E-state index contributed by atoms with van der Waals surface area (Å²) in [6.07, 6.45) is 7.86. The molecule has 22 heavy (non-hydrogen) atoms. The summed E-state index contributed by atoms with van der Waals surface area (Å²) >= 11 is 0. The van der Waals surface area contributed by atoms with Crippen LogP contribution in [-0.2, 0) is 4.74 Å². The summed E-state index contributed by atoms with van der Waals surface area (Å²) in [6, 6.07) is 1.90. The van der Waals surface area contributed by atoms with Crippen LogP contribution in [0.2, 0.25) is 0 Å². The van der Waals surface area contributed by atoms with Gasteiger partial charge in [0.15, 0.2) is 5.82 Å². The highest BCUT2D eigenvalue weighted by molar-refractivity contribution is 5.38. The zero-order valence-corrected chi connectivity index (χ0v) is 13.9. The molecule has 5 heteroatoms. The van der Waals surface area contributed by atoms with Gasteiger partial charge in [-0.25, -0.2) is 4.98 Å². The Morgan fingerprint density at radius 3 is 2.82 bits per heavy atom. The lowest BCUT2D eigenvalue weighted by Crippen LogP contribution is -2.10. The molecule has 0 bridgehead atoms. The van der Waals surface area contributed by atoms with Gasteiger partial charge in [-0.3, -0.25) is 0 Å². The topological polar surface area (TPSA) is 56.3 Å². The molecule has 2 rings (SSSR count). The highest BCUT2D eigenvalue weighted by Gasteiger charge is 2.22. The van der Waals surface area contributed by atoms with Gasteiger partial charge in [-0.15, -0.1) is 0 Å². The standard InChI is InChI=1S/C17H29N3O2/c1-3-5-7-10-18-15-13-16(22-11-6-4-2)20-17(19-15)14-9-8-12-21-14/h13-14H,3-12H2,1-2H3,(H,18,19,20). The molecule has 0 radical (unpaired) electrons. The minimum absolute atomic E-state index is 0.0194. The van der Waals surface area contributed by atoms with Crippen molar-refractivity contribution >= 4 is 5.82 Å². The maximum Gasteiger partial charge on any atom is 0.218 e. The molecule has 1 saturated heterocycles. The molecule has 1 aromatic rings. The Bertz CT molecular complexity index is 434. The number of rotatable bonds is 10. The Kier molecular flexibility index (Phi) is 7.43. The van der Waals surface area contributed by atoms with Crippen molar-refractivity contribution in [2.45, 2.75) is 64.9 Å². The molecule has 0 aliphatic carbocycles. The number of unbranched alkanes of at least 4 members (excludes halogenated alkanes) is 3. The van der Waals surface area contributed by atoms with Gasteiger partial charge in [0.25, 0.3) is 0 Å². The first kappa shape index (κ1) is 17.0. The van der Waals surface area contributed by atoms with Gasteiger partial charge in [0.2, 0.25) is 5.88 Å². The molecule has 0 spiro atoms. The second-order valence-corrected chi connectivity index (χ2v) is 5.79. The van der Waals surface area contributed by atoms with Gasteiger partial charge in [0.1, 0.15) is 11.9 Å². The van der Waals surface area contributed by atoms with Crippen LogP contribution in [0.3, 0.4) is 0 Å². The molecule has 0 aromatic carbocycles. The van der Waals surface area contributed by atoms with Crippen molar-refractivity contribution < 1.29 is 9.47 Å². The molecular formula is C17H29N3O2. The van der Waals surface area contributed by atoms with Crippen LogP contribution in [0.5, 0.6) is 5.88 Å². The van der Waals surface area contributed by atoms with Gasteiger partial charge >= 0.3 is 0 Å². The third-order valence-corrected chi connectivity index (χ3v) is 3.77. The number of nitrogens with one attached hydrogen (secondary N) is 1. The molecule has 1 aliphatic heterocycles. The molecule has 0 saturated carbocycles. The third-order valence-electron chi connectivity index (χ3n) is 3.77. The fourth-order valence-corrected chi connectivity index (χ4v) is 2.45. The Morgan fingerprint density at radius 2 is 2.09 bits per heavy atom. The first-order valence-corrected chi connectivity index (χ1v) is 8.70. The molecule has 1 aromatic heterocycles. The zero-order chi connectivity index (χ0) is 15.6. The van der Waals surface area contributed by atoms with E-state index in [1.165, 1.54) is 12.8 Å². The van der Waals surface area contributed by atoms with Gasteiger partial charge in [0.05, 0.1) is 6.61 Å². The van der Waals surface area contributed by atoms with E-state index in [4.69, 9.17) is 9.47 Å². The van der Waals surface area contributed by atoms with Crippen molar-refractivity contribution in [2.75, 3.05) is 25.1 Å². The Morgan fingerprint density at radius 1 is 1.23 bits per heavy atom. The quantitative estimate of drug-likeness (QED) is 0.659. The van der Waals surface area contributed by atoms with Gasteiger partial charge in [-0.05, 0) is 25.7 Å². The van der Waals surface area contributed by atoms with Crippen LogP contribution < -0.4 is 10.1 Å². The average molecular weight is 307 g/mol. The van der Waals surface area contributed by atoms with E-state index in [2.05, 4.69) is 29.1 Å². The molecule has 1 N–H and O–H groups in total. The van der Waals surface area contributed by atoms with Crippen molar-refractivity contribution in [3.05, 3.63) is 11.9 Å². The summed E-state index contributed by atoms with van der Waals surface area (Å²) in [5.41, 5.74) is 0. The Labute approximate surface area is 133 Å². The van der Waals surface area contributed by atoms with Crippen molar-refractivity contribution in [3.8, 4) is 5.88 Å². The Balaban J connectivity index is 2.01. The summed E-state index contributed by atoms with van der Waals surface area (Å²) in [5, 5.41) is 3.39. The highest BCUT2D eigenvalue weighted by atomic mass is 16.5. The number of hydrogen-bond donors (Lipinski definition) is 1. The largest absolute Gasteiger partial charge is 0.478 e. The molecule has 1 aliphatic rings. The predicted octanol–water partition coefficient (Wildman–Crippen LogP) is 4.11. The number of aromatic nitrogens is 2. The summed E-state index contributed by atoms with van der Waals surface area (Å²) < 4.78 is 11.5. The molecule has 1 unspecified atom stereocenters. The maximum atomic E-state index is 5.77. The lowest BCUT2D eigenvalue weighted by atomic mass is 10.2. The van der Waals surface area contributed by atoms with Gasteiger partial charge in [-0.1, -0.05) is 33.1 Å². The molecule has 1 atom stereocenters. The van der Waals surface area contributed by atoms with Crippen molar-refractivity contribution in [1.82, 2.24) is 9.97 Å². The third kappa shape index (κ3) is 5.44. The second kappa shape index (κ2) is 9.62. The molecule has 124 valence electrons. The zero-order valence-electron chi connectivity index (χ0n) is 13.9. The van der Waals surface area contributed by atoms with E-state index in [0.29, 0.717) is 12.5 Å². The average Bonchev–Trinajstić information content (AvgIpc) is 3.06. The lowest BCUT2D eigenvalue weighted by molar-refractivity contribution is 0.104. The van der Waals surface area contributed by atoms with Crippen molar-refractivity contribution in [3.63, 3.8) is 0 Å². The van der Waals surface area contributed by atoms with E-state index in [1.807, 2.05) is 6.07 Å². The van der Waals surface area contributed by atoms with Crippen LogP contribution in [0.25, 0.3) is 0 Å². The normalized spacial score (nSPS) is 17.6. The fraction of sp³-hybridized carbons (Fsp3) is 0.765. The molecule has 0 amide bonds. The number of nitrogens with zero attached hydrogens (tertiary/aromatic N) is 2. The van der Waals surface area contributed by atoms with E-state index >= 15 is 0 Å². The van der Waals surface area contributed by atoms with Crippen LogP contribution in [0, 0.1) is 0 Å². The molecular weight excluding hydrogens is 278 g/mol. The maximum absolute atomic E-state index is 5.77.